The van der Waals surface area contributed by atoms with E-state index in [4.69, 9.17) is 0 Å². The molecule has 2 unspecified atom stereocenters. The smallest absolute Gasteiger partial charge is 0.337 e. The number of aromatic nitrogens is 2. The summed E-state index contributed by atoms with van der Waals surface area (Å²) < 4.78 is 39.8. The molecular weight excluding hydrogens is 481 g/mol. The molecule has 1 N–H and O–H groups in total. The fourth-order valence-corrected chi connectivity index (χ4v) is 5.68. The normalized spacial score (nSPS) is 18.6. The Labute approximate surface area is 203 Å². The molecule has 0 saturated carbocycles. The van der Waals surface area contributed by atoms with Gasteiger partial charge in [0.2, 0.25) is 5.91 Å². The van der Waals surface area contributed by atoms with Crippen LogP contribution in [-0.4, -0.2) is 39.4 Å². The van der Waals surface area contributed by atoms with E-state index < -0.39 is 29.8 Å². The summed E-state index contributed by atoms with van der Waals surface area (Å²) in [5.74, 6) is -0.0173. The SMILES string of the molecule is Cc1c(C(=O)N2CC(C)CC(C)C2)sc2ncn(CC(=O)Nc3cccc(C(F)(F)F)c3)c(=O)c12. The van der Waals surface area contributed by atoms with Crippen LogP contribution in [-0.2, 0) is 17.5 Å². The van der Waals surface area contributed by atoms with Crippen molar-refractivity contribution in [3.05, 3.63) is 57.0 Å². The summed E-state index contributed by atoms with van der Waals surface area (Å²) >= 11 is 1.15. The van der Waals surface area contributed by atoms with Crippen LogP contribution >= 0.6 is 11.3 Å². The molecule has 3 aromatic rings. The maximum atomic E-state index is 13.2. The Morgan fingerprint density at radius 3 is 2.54 bits per heavy atom. The zero-order chi connectivity index (χ0) is 25.5. The molecule has 0 radical (unpaired) electrons. The van der Waals surface area contributed by atoms with Crippen LogP contribution in [0.4, 0.5) is 18.9 Å². The van der Waals surface area contributed by atoms with Crippen molar-refractivity contribution in [1.82, 2.24) is 14.5 Å². The van der Waals surface area contributed by atoms with Gasteiger partial charge in [-0.25, -0.2) is 4.98 Å². The number of carbonyl (C=O) groups is 2. The third-order valence-electron chi connectivity index (χ3n) is 6.06. The number of piperidine rings is 1. The summed E-state index contributed by atoms with van der Waals surface area (Å²) in [6.45, 7) is 6.79. The molecule has 0 aliphatic carbocycles. The van der Waals surface area contributed by atoms with Crippen molar-refractivity contribution < 1.29 is 22.8 Å². The van der Waals surface area contributed by atoms with Crippen LogP contribution in [0.3, 0.4) is 0 Å². The minimum Gasteiger partial charge on any atom is -0.337 e. The topological polar surface area (TPSA) is 84.3 Å². The molecule has 0 bridgehead atoms. The quantitative estimate of drug-likeness (QED) is 0.563. The molecule has 11 heteroatoms. The highest BCUT2D eigenvalue weighted by molar-refractivity contribution is 7.20. The molecule has 2 aromatic heterocycles. The first-order valence-corrected chi connectivity index (χ1v) is 12.0. The number of hydrogen-bond donors (Lipinski definition) is 1. The van der Waals surface area contributed by atoms with Crippen LogP contribution < -0.4 is 10.9 Å². The highest BCUT2D eigenvalue weighted by Crippen LogP contribution is 2.31. The second kappa shape index (κ2) is 9.44. The summed E-state index contributed by atoms with van der Waals surface area (Å²) in [5.41, 5.74) is -0.885. The first kappa shape index (κ1) is 24.9. The van der Waals surface area contributed by atoms with E-state index in [2.05, 4.69) is 24.1 Å². The van der Waals surface area contributed by atoms with Gasteiger partial charge < -0.3 is 10.2 Å². The summed E-state index contributed by atoms with van der Waals surface area (Å²) in [4.78, 5) is 45.7. The van der Waals surface area contributed by atoms with Gasteiger partial charge in [0.1, 0.15) is 11.4 Å². The number of anilines is 1. The van der Waals surface area contributed by atoms with E-state index in [0.717, 1.165) is 34.5 Å². The molecule has 35 heavy (non-hydrogen) atoms. The fraction of sp³-hybridized carbons (Fsp3) is 0.417. The number of rotatable bonds is 4. The molecule has 7 nitrogen and oxygen atoms in total. The molecule has 1 aromatic carbocycles. The number of amides is 2. The lowest BCUT2D eigenvalue weighted by molar-refractivity contribution is -0.137. The molecular formula is C24H25F3N4O3S. The highest BCUT2D eigenvalue weighted by atomic mass is 32.1. The Morgan fingerprint density at radius 1 is 1.20 bits per heavy atom. The minimum atomic E-state index is -4.54. The van der Waals surface area contributed by atoms with Crippen LogP contribution in [0.5, 0.6) is 0 Å². The Kier molecular flexibility index (Phi) is 6.72. The second-order valence-electron chi connectivity index (χ2n) is 9.20. The van der Waals surface area contributed by atoms with Crippen molar-refractivity contribution in [2.75, 3.05) is 18.4 Å². The van der Waals surface area contributed by atoms with Crippen molar-refractivity contribution in [3.63, 3.8) is 0 Å². The van der Waals surface area contributed by atoms with E-state index in [1.807, 2.05) is 4.90 Å². The number of likely N-dealkylation sites (tertiary alicyclic amines) is 1. The van der Waals surface area contributed by atoms with Gasteiger partial charge >= 0.3 is 6.18 Å². The molecule has 2 amide bonds. The van der Waals surface area contributed by atoms with Gasteiger partial charge in [-0.2, -0.15) is 13.2 Å². The van der Waals surface area contributed by atoms with E-state index in [1.165, 1.54) is 18.5 Å². The highest BCUT2D eigenvalue weighted by Gasteiger charge is 2.31. The second-order valence-corrected chi connectivity index (χ2v) is 10.2. The van der Waals surface area contributed by atoms with Crippen LogP contribution in [0.25, 0.3) is 10.2 Å². The Bertz CT molecular complexity index is 1340. The van der Waals surface area contributed by atoms with Gasteiger partial charge in [0, 0.05) is 18.8 Å². The standard InChI is InChI=1S/C24H25F3N4O3S/c1-13-7-14(2)10-30(9-13)23(34)20-15(3)19-21(35-20)28-12-31(22(19)33)11-18(32)29-17-6-4-5-16(8-17)24(25,26)27/h4-6,8,12-14H,7,9-11H2,1-3H3,(H,29,32). The number of fused-ring (bicyclic) bond motifs is 1. The predicted octanol–water partition coefficient (Wildman–Crippen LogP) is 4.54. The number of alkyl halides is 3. The van der Waals surface area contributed by atoms with Gasteiger partial charge in [0.05, 0.1) is 22.2 Å². The van der Waals surface area contributed by atoms with Crippen molar-refractivity contribution in [2.45, 2.75) is 39.9 Å². The molecule has 1 fully saturated rings. The van der Waals surface area contributed by atoms with Crippen LogP contribution in [0.2, 0.25) is 0 Å². The van der Waals surface area contributed by atoms with Crippen molar-refractivity contribution in [2.24, 2.45) is 11.8 Å². The average molecular weight is 507 g/mol. The minimum absolute atomic E-state index is 0.0310. The Balaban J connectivity index is 1.56. The lowest BCUT2D eigenvalue weighted by atomic mass is 9.92. The van der Waals surface area contributed by atoms with Crippen LogP contribution in [0.15, 0.2) is 35.4 Å². The zero-order valence-electron chi connectivity index (χ0n) is 19.5. The number of nitrogens with one attached hydrogen (secondary N) is 1. The third-order valence-corrected chi connectivity index (χ3v) is 7.24. The maximum Gasteiger partial charge on any atom is 0.416 e. The number of thiophene rings is 1. The predicted molar refractivity (Wildman–Crippen MR) is 128 cm³/mol. The van der Waals surface area contributed by atoms with E-state index in [9.17, 15) is 27.6 Å². The molecule has 186 valence electrons. The fourth-order valence-electron chi connectivity index (χ4n) is 4.58. The van der Waals surface area contributed by atoms with E-state index >= 15 is 0 Å². The molecule has 4 rings (SSSR count). The van der Waals surface area contributed by atoms with Gasteiger partial charge in [-0.3, -0.25) is 19.0 Å². The van der Waals surface area contributed by atoms with Crippen molar-refractivity contribution in [3.8, 4) is 0 Å². The number of nitrogens with zero attached hydrogens (tertiary/aromatic N) is 3. The summed E-state index contributed by atoms with van der Waals surface area (Å²) in [7, 11) is 0. The lowest BCUT2D eigenvalue weighted by Crippen LogP contribution is -2.42. The molecule has 1 saturated heterocycles. The maximum absolute atomic E-state index is 13.2. The largest absolute Gasteiger partial charge is 0.416 e. The molecule has 0 spiro atoms. The van der Waals surface area contributed by atoms with Gasteiger partial charge in [0.25, 0.3) is 11.5 Å². The number of hydrogen-bond acceptors (Lipinski definition) is 5. The average Bonchev–Trinajstić information content (AvgIpc) is 3.11. The number of aryl methyl sites for hydroxylation is 1. The first-order chi connectivity index (χ1) is 16.4. The van der Waals surface area contributed by atoms with Gasteiger partial charge in [-0.1, -0.05) is 19.9 Å². The van der Waals surface area contributed by atoms with Crippen molar-refractivity contribution in [1.29, 1.82) is 0 Å². The number of halogens is 3. The Hall–Kier alpha value is -3.21. The monoisotopic (exact) mass is 506 g/mol. The van der Waals surface area contributed by atoms with Gasteiger partial charge in [0.15, 0.2) is 0 Å². The van der Waals surface area contributed by atoms with E-state index in [1.54, 1.807) is 6.92 Å². The first-order valence-electron chi connectivity index (χ1n) is 11.2. The number of carbonyl (C=O) groups excluding carboxylic acids is 2. The third kappa shape index (κ3) is 5.24. The van der Waals surface area contributed by atoms with E-state index in [0.29, 0.717) is 40.2 Å². The Morgan fingerprint density at radius 2 is 1.89 bits per heavy atom. The summed E-state index contributed by atoms with van der Waals surface area (Å²) in [6.07, 6.45) is -2.27. The zero-order valence-corrected chi connectivity index (χ0v) is 20.3. The molecule has 3 heterocycles. The van der Waals surface area contributed by atoms with Crippen LogP contribution in [0.1, 0.15) is 41.1 Å². The van der Waals surface area contributed by atoms with Crippen LogP contribution in [0, 0.1) is 18.8 Å². The van der Waals surface area contributed by atoms with Gasteiger partial charge in [-0.15, -0.1) is 11.3 Å². The van der Waals surface area contributed by atoms with E-state index in [-0.39, 0.29) is 17.0 Å². The lowest BCUT2D eigenvalue weighted by Gasteiger charge is -2.34. The van der Waals surface area contributed by atoms with Crippen molar-refractivity contribution >= 4 is 39.1 Å². The number of benzene rings is 1. The summed E-state index contributed by atoms with van der Waals surface area (Å²) in [5, 5.41) is 2.65. The molecule has 2 atom stereocenters. The summed E-state index contributed by atoms with van der Waals surface area (Å²) in [6, 6.07) is 4.25. The molecule has 1 aliphatic rings. The van der Waals surface area contributed by atoms with Gasteiger partial charge in [-0.05, 0) is 48.9 Å². The molecule has 1 aliphatic heterocycles.